The van der Waals surface area contributed by atoms with Gasteiger partial charge in [-0.3, -0.25) is 0 Å². The molecule has 1 aromatic rings. The second-order valence-electron chi connectivity index (χ2n) is 2.71. The average molecular weight is 271 g/mol. The van der Waals surface area contributed by atoms with E-state index in [0.29, 0.717) is 11.6 Å². The molecule has 0 amide bonds. The minimum atomic E-state index is -0.304. The van der Waals surface area contributed by atoms with Crippen molar-refractivity contribution in [2.75, 3.05) is 6.61 Å². The van der Waals surface area contributed by atoms with Gasteiger partial charge in [-0.1, -0.05) is 0 Å². The first kappa shape index (κ1) is 14.6. The van der Waals surface area contributed by atoms with Crippen LogP contribution < -0.4 is 5.32 Å². The lowest BCUT2D eigenvalue weighted by atomic mass is 10.4. The molecule has 1 aromatic heterocycles. The van der Waals surface area contributed by atoms with Crippen LogP contribution in [-0.4, -0.2) is 17.6 Å². The topological polar surface area (TPSA) is 51.2 Å². The molecule has 0 saturated carbocycles. The molecule has 0 spiro atoms. The molecule has 2 heterocycles. The van der Waals surface area contributed by atoms with Gasteiger partial charge in [0.25, 0.3) is 0 Å². The van der Waals surface area contributed by atoms with Crippen LogP contribution in [0.5, 0.6) is 0 Å². The van der Waals surface area contributed by atoms with Crippen molar-refractivity contribution in [3.63, 3.8) is 0 Å². The number of fused-ring (bicyclic) bond motifs is 1. The van der Waals surface area contributed by atoms with E-state index in [4.69, 9.17) is 4.74 Å². The van der Waals surface area contributed by atoms with Crippen molar-refractivity contribution in [3.05, 3.63) is 15.6 Å². The summed E-state index contributed by atoms with van der Waals surface area (Å²) in [4.78, 5) is 16.6. The third-order valence-corrected chi connectivity index (χ3v) is 2.88. The van der Waals surface area contributed by atoms with Gasteiger partial charge in [0.2, 0.25) is 5.01 Å². The predicted molar refractivity (Wildman–Crippen MR) is 63.1 cm³/mol. The quantitative estimate of drug-likeness (QED) is 0.833. The maximum absolute atomic E-state index is 11.3. The molecule has 15 heavy (non-hydrogen) atoms. The summed E-state index contributed by atoms with van der Waals surface area (Å²) < 4.78 is 4.85. The van der Waals surface area contributed by atoms with Crippen LogP contribution in [0.3, 0.4) is 0 Å². The molecule has 0 atom stereocenters. The predicted octanol–water partition coefficient (Wildman–Crippen LogP) is 1.77. The van der Waals surface area contributed by atoms with Gasteiger partial charge in [0.15, 0.2) is 0 Å². The van der Waals surface area contributed by atoms with Gasteiger partial charge >= 0.3 is 5.97 Å². The van der Waals surface area contributed by atoms with Crippen LogP contribution in [0.2, 0.25) is 0 Å². The standard InChI is InChI=1S/C8H10N2O2S.2ClH/c1-2-12-8(11)7-10-5-3-9-4-6(5)13-7;;/h9H,2-4H2,1H3;2*1H. The number of ether oxygens (including phenoxy) is 1. The summed E-state index contributed by atoms with van der Waals surface area (Å²) in [6.45, 7) is 3.79. The molecule has 1 aliphatic rings. The monoisotopic (exact) mass is 270 g/mol. The highest BCUT2D eigenvalue weighted by molar-refractivity contribution is 7.13. The molecule has 1 aliphatic heterocycles. The first-order chi connectivity index (χ1) is 6.31. The number of aromatic nitrogens is 1. The van der Waals surface area contributed by atoms with E-state index in [1.165, 1.54) is 11.3 Å². The molecule has 0 unspecified atom stereocenters. The maximum atomic E-state index is 11.3. The first-order valence-corrected chi connectivity index (χ1v) is 4.99. The van der Waals surface area contributed by atoms with Crippen LogP contribution in [0.4, 0.5) is 0 Å². The fraction of sp³-hybridized carbons (Fsp3) is 0.500. The Morgan fingerprint density at radius 1 is 1.53 bits per heavy atom. The van der Waals surface area contributed by atoms with Gasteiger partial charge in [0.05, 0.1) is 12.3 Å². The van der Waals surface area contributed by atoms with Gasteiger partial charge in [-0.05, 0) is 6.92 Å². The van der Waals surface area contributed by atoms with E-state index in [2.05, 4.69) is 10.3 Å². The number of rotatable bonds is 2. The number of nitrogens with one attached hydrogen (secondary N) is 1. The van der Waals surface area contributed by atoms with Gasteiger partial charge < -0.3 is 10.1 Å². The van der Waals surface area contributed by atoms with Crippen LogP contribution in [0, 0.1) is 0 Å². The van der Waals surface area contributed by atoms with E-state index >= 15 is 0 Å². The van der Waals surface area contributed by atoms with E-state index in [-0.39, 0.29) is 30.8 Å². The minimum Gasteiger partial charge on any atom is -0.461 e. The number of thiazole rings is 1. The first-order valence-electron chi connectivity index (χ1n) is 4.17. The molecule has 7 heteroatoms. The number of carbonyl (C=O) groups is 1. The zero-order valence-corrected chi connectivity index (χ0v) is 10.6. The zero-order valence-electron chi connectivity index (χ0n) is 8.11. The van der Waals surface area contributed by atoms with Crippen molar-refractivity contribution >= 4 is 42.1 Å². The molecule has 1 N–H and O–H groups in total. The van der Waals surface area contributed by atoms with Crippen molar-refractivity contribution in [1.82, 2.24) is 10.3 Å². The van der Waals surface area contributed by atoms with E-state index in [9.17, 15) is 4.79 Å². The van der Waals surface area contributed by atoms with Crippen molar-refractivity contribution in [1.29, 1.82) is 0 Å². The molecule has 2 rings (SSSR count). The summed E-state index contributed by atoms with van der Waals surface area (Å²) in [7, 11) is 0. The molecule has 0 radical (unpaired) electrons. The van der Waals surface area contributed by atoms with Gasteiger partial charge in [-0.25, -0.2) is 9.78 Å². The number of esters is 1. The van der Waals surface area contributed by atoms with Gasteiger partial charge in [-0.2, -0.15) is 0 Å². The summed E-state index contributed by atoms with van der Waals surface area (Å²) in [6, 6.07) is 0. The third kappa shape index (κ3) is 3.04. The summed E-state index contributed by atoms with van der Waals surface area (Å²) >= 11 is 1.42. The fourth-order valence-corrected chi connectivity index (χ4v) is 2.18. The number of hydrogen-bond acceptors (Lipinski definition) is 5. The van der Waals surface area contributed by atoms with Crippen LogP contribution in [-0.2, 0) is 17.8 Å². The normalized spacial score (nSPS) is 12.3. The molecular weight excluding hydrogens is 259 g/mol. The Labute approximate surface area is 104 Å². The van der Waals surface area contributed by atoms with Crippen LogP contribution in [0.1, 0.15) is 27.3 Å². The summed E-state index contributed by atoms with van der Waals surface area (Å²) in [5.74, 6) is -0.304. The molecule has 0 saturated heterocycles. The molecule has 86 valence electrons. The van der Waals surface area contributed by atoms with Crippen molar-refractivity contribution in [3.8, 4) is 0 Å². The van der Waals surface area contributed by atoms with E-state index < -0.39 is 0 Å². The second kappa shape index (κ2) is 6.27. The molecule has 0 bridgehead atoms. The average Bonchev–Trinajstić information content (AvgIpc) is 2.61. The minimum absolute atomic E-state index is 0. The Morgan fingerprint density at radius 3 is 2.87 bits per heavy atom. The van der Waals surface area contributed by atoms with Crippen molar-refractivity contribution in [2.24, 2.45) is 0 Å². The van der Waals surface area contributed by atoms with Gasteiger partial charge in [0.1, 0.15) is 0 Å². The van der Waals surface area contributed by atoms with Crippen molar-refractivity contribution < 1.29 is 9.53 Å². The zero-order chi connectivity index (χ0) is 9.26. The smallest absolute Gasteiger partial charge is 0.367 e. The highest BCUT2D eigenvalue weighted by Gasteiger charge is 2.20. The molecule has 0 fully saturated rings. The lowest BCUT2D eigenvalue weighted by molar-refractivity contribution is 0.0525. The lowest BCUT2D eigenvalue weighted by Crippen LogP contribution is -2.06. The van der Waals surface area contributed by atoms with Gasteiger partial charge in [0, 0.05) is 18.0 Å². The molecule has 4 nitrogen and oxygen atoms in total. The maximum Gasteiger partial charge on any atom is 0.367 e. The number of carbonyl (C=O) groups excluding carboxylic acids is 1. The summed E-state index contributed by atoms with van der Waals surface area (Å²) in [5, 5.41) is 3.64. The van der Waals surface area contributed by atoms with Crippen molar-refractivity contribution in [2.45, 2.75) is 20.0 Å². The highest BCUT2D eigenvalue weighted by atomic mass is 35.5. The van der Waals surface area contributed by atoms with E-state index in [0.717, 1.165) is 23.7 Å². The largest absolute Gasteiger partial charge is 0.461 e. The van der Waals surface area contributed by atoms with Gasteiger partial charge in [-0.15, -0.1) is 36.2 Å². The fourth-order valence-electron chi connectivity index (χ4n) is 1.23. The Morgan fingerprint density at radius 2 is 2.27 bits per heavy atom. The Bertz CT molecular complexity index is 322. The Kier molecular flexibility index (Phi) is 6.12. The third-order valence-electron chi connectivity index (χ3n) is 1.81. The summed E-state index contributed by atoms with van der Waals surface area (Å²) in [5.41, 5.74) is 0.994. The lowest BCUT2D eigenvalue weighted by Gasteiger charge is -1.96. The number of hydrogen-bond donors (Lipinski definition) is 1. The van der Waals surface area contributed by atoms with Crippen LogP contribution in [0.15, 0.2) is 0 Å². The Hall–Kier alpha value is -0.360. The summed E-state index contributed by atoms with van der Waals surface area (Å²) in [6.07, 6.45) is 0. The Balaban J connectivity index is 0.000000980. The van der Waals surface area contributed by atoms with Crippen LogP contribution >= 0.6 is 36.2 Å². The highest BCUT2D eigenvalue weighted by Crippen LogP contribution is 2.22. The number of halogens is 2. The number of nitrogens with zero attached hydrogens (tertiary/aromatic N) is 1. The van der Waals surface area contributed by atoms with E-state index in [1.807, 2.05) is 0 Å². The van der Waals surface area contributed by atoms with E-state index in [1.54, 1.807) is 6.92 Å². The molecule has 0 aromatic carbocycles. The SMILES string of the molecule is CCOC(=O)c1nc2c(s1)CNC2.Cl.Cl. The van der Waals surface area contributed by atoms with Crippen LogP contribution in [0.25, 0.3) is 0 Å². The molecular formula is C8H12Cl2N2O2S. The second-order valence-corrected chi connectivity index (χ2v) is 3.80. The molecule has 0 aliphatic carbocycles.